The number of aromatic nitrogens is 1. The lowest BCUT2D eigenvalue weighted by Crippen LogP contribution is -1.93. The molecule has 1 heterocycles. The second-order valence-electron chi connectivity index (χ2n) is 4.52. The zero-order valence-corrected chi connectivity index (χ0v) is 12.9. The maximum atomic E-state index is 5.28. The lowest BCUT2D eigenvalue weighted by molar-refractivity contribution is 0.414. The molecule has 3 aromatic rings. The molecule has 1 N–H and O–H groups in total. The Kier molecular flexibility index (Phi) is 4.46. The molecule has 110 valence electrons. The molecule has 0 aliphatic carbocycles. The van der Waals surface area contributed by atoms with Gasteiger partial charge in [-0.2, -0.15) is 5.10 Å². The molecule has 0 aliphatic rings. The summed E-state index contributed by atoms with van der Waals surface area (Å²) in [6.45, 7) is 0. The van der Waals surface area contributed by atoms with Crippen molar-refractivity contribution in [3.63, 3.8) is 0 Å². The van der Waals surface area contributed by atoms with Crippen molar-refractivity contribution >= 4 is 22.7 Å². The van der Waals surface area contributed by atoms with Gasteiger partial charge in [0.15, 0.2) is 0 Å². The van der Waals surface area contributed by atoms with Gasteiger partial charge >= 0.3 is 0 Å². The first-order valence-corrected chi connectivity index (χ1v) is 7.68. The van der Waals surface area contributed by atoms with Crippen LogP contribution in [0.1, 0.15) is 5.56 Å². The van der Waals surface area contributed by atoms with Crippen molar-refractivity contribution in [2.24, 2.45) is 5.10 Å². The molecule has 2 aromatic carbocycles. The quantitative estimate of drug-likeness (QED) is 0.565. The number of nitrogens with one attached hydrogen (secondary N) is 1. The summed E-state index contributed by atoms with van der Waals surface area (Å²) in [5, 5.41) is 6.99. The lowest BCUT2D eigenvalue weighted by Gasteiger charge is -2.02. The first-order valence-electron chi connectivity index (χ1n) is 6.80. The minimum absolute atomic E-state index is 0.755. The Labute approximate surface area is 133 Å². The number of thiazole rings is 1. The number of hydrazone groups is 1. The first-order chi connectivity index (χ1) is 10.9. The van der Waals surface area contributed by atoms with Gasteiger partial charge < -0.3 is 4.74 Å². The molecule has 0 bridgehead atoms. The van der Waals surface area contributed by atoms with Gasteiger partial charge in [-0.15, -0.1) is 11.3 Å². The van der Waals surface area contributed by atoms with Gasteiger partial charge in [-0.05, 0) is 12.1 Å². The molecule has 4 nitrogen and oxygen atoms in total. The number of benzene rings is 2. The molecule has 0 atom stereocenters. The van der Waals surface area contributed by atoms with Crippen molar-refractivity contribution in [2.75, 3.05) is 12.5 Å². The Morgan fingerprint density at radius 3 is 2.68 bits per heavy atom. The van der Waals surface area contributed by atoms with Crippen molar-refractivity contribution in [1.82, 2.24) is 4.98 Å². The van der Waals surface area contributed by atoms with Crippen LogP contribution in [0.25, 0.3) is 11.3 Å². The normalized spacial score (nSPS) is 10.8. The number of hydrogen-bond acceptors (Lipinski definition) is 5. The highest BCUT2D eigenvalue weighted by Crippen LogP contribution is 2.24. The third kappa shape index (κ3) is 3.32. The van der Waals surface area contributed by atoms with E-state index in [1.165, 1.54) is 11.3 Å². The third-order valence-corrected chi connectivity index (χ3v) is 3.82. The second-order valence-corrected chi connectivity index (χ2v) is 5.37. The molecule has 0 saturated heterocycles. The highest BCUT2D eigenvalue weighted by molar-refractivity contribution is 7.14. The van der Waals surface area contributed by atoms with Crippen LogP contribution >= 0.6 is 11.3 Å². The zero-order chi connectivity index (χ0) is 15.2. The van der Waals surface area contributed by atoms with Crippen LogP contribution in [0.15, 0.2) is 65.1 Å². The fourth-order valence-corrected chi connectivity index (χ4v) is 2.67. The number of anilines is 1. The minimum atomic E-state index is 0.755. The molecule has 0 aliphatic heterocycles. The first kappa shape index (κ1) is 14.3. The van der Waals surface area contributed by atoms with Crippen LogP contribution in [0, 0.1) is 0 Å². The lowest BCUT2D eigenvalue weighted by atomic mass is 10.2. The minimum Gasteiger partial charge on any atom is -0.496 e. The second kappa shape index (κ2) is 6.87. The number of methoxy groups -OCH3 is 1. The summed E-state index contributed by atoms with van der Waals surface area (Å²) in [4.78, 5) is 4.52. The number of hydrogen-bond donors (Lipinski definition) is 1. The van der Waals surface area contributed by atoms with Gasteiger partial charge in [-0.25, -0.2) is 4.98 Å². The molecule has 1 aromatic heterocycles. The Morgan fingerprint density at radius 1 is 1.09 bits per heavy atom. The van der Waals surface area contributed by atoms with E-state index >= 15 is 0 Å². The van der Waals surface area contributed by atoms with E-state index < -0.39 is 0 Å². The number of ether oxygens (including phenoxy) is 1. The molecular weight excluding hydrogens is 294 g/mol. The van der Waals surface area contributed by atoms with E-state index in [1.807, 2.05) is 60.0 Å². The third-order valence-electron chi connectivity index (χ3n) is 3.08. The van der Waals surface area contributed by atoms with Crippen LogP contribution in [-0.2, 0) is 0 Å². The fraction of sp³-hybridized carbons (Fsp3) is 0.0588. The predicted molar refractivity (Wildman–Crippen MR) is 91.8 cm³/mol. The van der Waals surface area contributed by atoms with Gasteiger partial charge in [0, 0.05) is 16.5 Å². The largest absolute Gasteiger partial charge is 0.496 e. The average Bonchev–Trinajstić information content (AvgIpc) is 3.05. The summed E-state index contributed by atoms with van der Waals surface area (Å²) >= 11 is 1.52. The van der Waals surface area contributed by atoms with E-state index in [2.05, 4.69) is 15.5 Å². The zero-order valence-electron chi connectivity index (χ0n) is 12.1. The average molecular weight is 309 g/mol. The number of para-hydroxylation sites is 1. The number of rotatable bonds is 5. The summed E-state index contributed by atoms with van der Waals surface area (Å²) in [6.07, 6.45) is 1.72. The van der Waals surface area contributed by atoms with E-state index in [-0.39, 0.29) is 0 Å². The van der Waals surface area contributed by atoms with Crippen molar-refractivity contribution in [2.45, 2.75) is 0 Å². The standard InChI is InChI=1S/C17H15N3OS/c1-21-16-10-6-5-9-14(16)11-18-20-17-19-15(12-22-17)13-7-3-2-4-8-13/h2-12H,1H3,(H,19,20). The summed E-state index contributed by atoms with van der Waals surface area (Å²) in [5.41, 5.74) is 5.91. The van der Waals surface area contributed by atoms with Crippen LogP contribution in [-0.4, -0.2) is 18.3 Å². The number of nitrogens with zero attached hydrogens (tertiary/aromatic N) is 2. The van der Waals surface area contributed by atoms with Gasteiger partial charge in [0.25, 0.3) is 0 Å². The Morgan fingerprint density at radius 2 is 1.86 bits per heavy atom. The van der Waals surface area contributed by atoms with Gasteiger partial charge in [-0.3, -0.25) is 5.43 Å². The highest BCUT2D eigenvalue weighted by atomic mass is 32.1. The van der Waals surface area contributed by atoms with Gasteiger partial charge in [0.05, 0.1) is 19.0 Å². The smallest absolute Gasteiger partial charge is 0.203 e. The van der Waals surface area contributed by atoms with E-state index in [1.54, 1.807) is 13.3 Å². The molecular formula is C17H15N3OS. The van der Waals surface area contributed by atoms with Crippen LogP contribution in [0.3, 0.4) is 0 Å². The predicted octanol–water partition coefficient (Wildman–Crippen LogP) is 4.26. The monoisotopic (exact) mass is 309 g/mol. The molecule has 0 saturated carbocycles. The molecule has 5 heteroatoms. The highest BCUT2D eigenvalue weighted by Gasteiger charge is 2.03. The topological polar surface area (TPSA) is 46.5 Å². The van der Waals surface area contributed by atoms with Gasteiger partial charge in [0.2, 0.25) is 5.13 Å². The summed E-state index contributed by atoms with van der Waals surface area (Å²) in [7, 11) is 1.65. The van der Waals surface area contributed by atoms with Crippen molar-refractivity contribution in [3.05, 3.63) is 65.5 Å². The summed E-state index contributed by atoms with van der Waals surface area (Å²) in [6, 6.07) is 17.8. The van der Waals surface area contributed by atoms with Crippen LogP contribution in [0.5, 0.6) is 5.75 Å². The van der Waals surface area contributed by atoms with Crippen molar-refractivity contribution in [3.8, 4) is 17.0 Å². The van der Waals surface area contributed by atoms with Gasteiger partial charge in [0.1, 0.15) is 5.75 Å². The van der Waals surface area contributed by atoms with Crippen LogP contribution in [0.2, 0.25) is 0 Å². The Hall–Kier alpha value is -2.66. The molecule has 0 amide bonds. The maximum absolute atomic E-state index is 5.28. The van der Waals surface area contributed by atoms with Crippen molar-refractivity contribution < 1.29 is 4.74 Å². The summed E-state index contributed by atoms with van der Waals surface area (Å²) < 4.78 is 5.28. The van der Waals surface area contributed by atoms with Crippen LogP contribution in [0.4, 0.5) is 5.13 Å². The van der Waals surface area contributed by atoms with Gasteiger partial charge in [-0.1, -0.05) is 42.5 Å². The van der Waals surface area contributed by atoms with Crippen LogP contribution < -0.4 is 10.2 Å². The van der Waals surface area contributed by atoms with E-state index in [4.69, 9.17) is 4.74 Å². The Bertz CT molecular complexity index is 768. The molecule has 3 rings (SSSR count). The maximum Gasteiger partial charge on any atom is 0.203 e. The fourth-order valence-electron chi connectivity index (χ4n) is 2.00. The Balaban J connectivity index is 1.70. The summed E-state index contributed by atoms with van der Waals surface area (Å²) in [5.74, 6) is 0.789. The van der Waals surface area contributed by atoms with Crippen molar-refractivity contribution in [1.29, 1.82) is 0 Å². The SMILES string of the molecule is COc1ccccc1C=NNc1nc(-c2ccccc2)cs1. The van der Waals surface area contributed by atoms with E-state index in [9.17, 15) is 0 Å². The van der Waals surface area contributed by atoms with E-state index in [0.717, 1.165) is 27.7 Å². The van der Waals surface area contributed by atoms with E-state index in [0.29, 0.717) is 0 Å². The molecule has 0 spiro atoms. The molecule has 0 radical (unpaired) electrons. The molecule has 0 fully saturated rings. The molecule has 0 unspecified atom stereocenters. The molecule has 22 heavy (non-hydrogen) atoms.